The van der Waals surface area contributed by atoms with Gasteiger partial charge in [-0.25, -0.2) is 0 Å². The number of carbonyl (C=O) groups excluding carboxylic acids is 1. The highest BCUT2D eigenvalue weighted by Gasteiger charge is 2.09. The van der Waals surface area contributed by atoms with E-state index in [4.69, 9.17) is 21.8 Å². The Labute approximate surface area is 114 Å². The van der Waals surface area contributed by atoms with E-state index >= 15 is 0 Å². The van der Waals surface area contributed by atoms with Gasteiger partial charge in [0.15, 0.2) is 0 Å². The van der Waals surface area contributed by atoms with Crippen LogP contribution in [0.1, 0.15) is 21.0 Å². The number of thiophene rings is 1. The lowest BCUT2D eigenvalue weighted by Crippen LogP contribution is -2.25. The number of nitrogens with one attached hydrogen (secondary N) is 1. The highest BCUT2D eigenvalue weighted by Crippen LogP contribution is 2.21. The summed E-state index contributed by atoms with van der Waals surface area (Å²) >= 11 is 7.35. The summed E-state index contributed by atoms with van der Waals surface area (Å²) in [6, 6.07) is 5.47. The van der Waals surface area contributed by atoms with Crippen molar-refractivity contribution in [3.05, 3.63) is 45.0 Å². The number of rotatable bonds is 5. The monoisotopic (exact) mass is 284 g/mol. The molecule has 4 nitrogen and oxygen atoms in total. The maximum absolute atomic E-state index is 11.7. The van der Waals surface area contributed by atoms with Gasteiger partial charge >= 0.3 is 0 Å². The molecule has 0 aromatic carbocycles. The minimum Gasteiger partial charge on any atom is -0.467 e. The predicted octanol–water partition coefficient (Wildman–Crippen LogP) is 2.43. The number of hydrogen-bond acceptors (Lipinski definition) is 4. The zero-order chi connectivity index (χ0) is 13.0. The van der Waals surface area contributed by atoms with Gasteiger partial charge in [0.05, 0.1) is 16.4 Å². The summed E-state index contributed by atoms with van der Waals surface area (Å²) in [5.74, 6) is 0.450. The second-order valence-corrected chi connectivity index (χ2v) is 5.52. The van der Waals surface area contributed by atoms with Gasteiger partial charge in [0.2, 0.25) is 0 Å². The van der Waals surface area contributed by atoms with Crippen molar-refractivity contribution < 1.29 is 9.21 Å². The maximum Gasteiger partial charge on any atom is 0.254 e. The summed E-state index contributed by atoms with van der Waals surface area (Å²) in [7, 11) is 0. The predicted molar refractivity (Wildman–Crippen MR) is 72.0 cm³/mol. The standard InChI is InChI=1S/C12H13ClN2O2S/c13-11-2-1-10(18-11)3-4-15-12(16)8-5-9(6-14)17-7-8/h1-2,5,7H,3-4,6,14H2,(H,15,16). The van der Waals surface area contributed by atoms with Gasteiger partial charge in [-0.2, -0.15) is 0 Å². The Morgan fingerprint density at radius 1 is 1.50 bits per heavy atom. The fourth-order valence-electron chi connectivity index (χ4n) is 1.49. The lowest BCUT2D eigenvalue weighted by Gasteiger charge is -2.01. The summed E-state index contributed by atoms with van der Waals surface area (Å²) < 4.78 is 5.86. The van der Waals surface area contributed by atoms with Crippen molar-refractivity contribution in [2.75, 3.05) is 6.54 Å². The van der Waals surface area contributed by atoms with Crippen LogP contribution in [-0.4, -0.2) is 12.5 Å². The van der Waals surface area contributed by atoms with Crippen LogP contribution in [0.25, 0.3) is 0 Å². The molecule has 0 fully saturated rings. The smallest absolute Gasteiger partial charge is 0.254 e. The van der Waals surface area contributed by atoms with Crippen LogP contribution < -0.4 is 11.1 Å². The number of halogens is 1. The average Bonchev–Trinajstić information content (AvgIpc) is 2.98. The van der Waals surface area contributed by atoms with Crippen molar-refractivity contribution >= 4 is 28.8 Å². The minimum absolute atomic E-state index is 0.152. The normalized spacial score (nSPS) is 10.6. The van der Waals surface area contributed by atoms with Crippen molar-refractivity contribution in [2.24, 2.45) is 5.73 Å². The van der Waals surface area contributed by atoms with Gasteiger partial charge in [0, 0.05) is 11.4 Å². The maximum atomic E-state index is 11.7. The quantitative estimate of drug-likeness (QED) is 0.886. The molecule has 0 aliphatic carbocycles. The molecule has 0 saturated carbocycles. The molecule has 0 spiro atoms. The Bertz CT molecular complexity index is 536. The van der Waals surface area contributed by atoms with Gasteiger partial charge in [-0.15, -0.1) is 11.3 Å². The molecule has 3 N–H and O–H groups in total. The number of carbonyl (C=O) groups is 1. The van der Waals surface area contributed by atoms with Crippen molar-refractivity contribution in [3.63, 3.8) is 0 Å². The molecular formula is C12H13ClN2O2S. The van der Waals surface area contributed by atoms with Crippen molar-refractivity contribution in [1.82, 2.24) is 5.32 Å². The molecule has 6 heteroatoms. The molecule has 0 atom stereocenters. The van der Waals surface area contributed by atoms with E-state index in [9.17, 15) is 4.79 Å². The molecule has 2 aromatic heterocycles. The van der Waals surface area contributed by atoms with Gasteiger partial charge < -0.3 is 15.5 Å². The molecule has 0 unspecified atom stereocenters. The number of nitrogens with two attached hydrogens (primary N) is 1. The molecule has 0 radical (unpaired) electrons. The van der Waals surface area contributed by atoms with Crippen molar-refractivity contribution in [2.45, 2.75) is 13.0 Å². The van der Waals surface area contributed by atoms with E-state index < -0.39 is 0 Å². The molecule has 2 rings (SSSR count). The molecule has 96 valence electrons. The third-order valence-corrected chi connectivity index (χ3v) is 3.69. The molecule has 1 amide bonds. The number of amides is 1. The van der Waals surface area contributed by atoms with Crippen LogP contribution in [0, 0.1) is 0 Å². The Hall–Kier alpha value is -1.30. The minimum atomic E-state index is -0.152. The first-order valence-electron chi connectivity index (χ1n) is 5.49. The lowest BCUT2D eigenvalue weighted by molar-refractivity contribution is 0.0953. The van der Waals surface area contributed by atoms with E-state index in [0.717, 1.165) is 15.6 Å². The van der Waals surface area contributed by atoms with Gasteiger partial charge in [-0.3, -0.25) is 4.79 Å². The Morgan fingerprint density at radius 2 is 2.33 bits per heavy atom. The SMILES string of the molecule is NCc1cc(C(=O)NCCc2ccc(Cl)s2)co1. The Morgan fingerprint density at radius 3 is 2.94 bits per heavy atom. The summed E-state index contributed by atoms with van der Waals surface area (Å²) in [6.07, 6.45) is 2.18. The first kappa shape index (κ1) is 13.1. The topological polar surface area (TPSA) is 68.3 Å². The number of furan rings is 1. The second kappa shape index (κ2) is 6.04. The highest BCUT2D eigenvalue weighted by molar-refractivity contribution is 7.16. The molecule has 0 saturated heterocycles. The van der Waals surface area contributed by atoms with Crippen molar-refractivity contribution in [1.29, 1.82) is 0 Å². The molecule has 0 aliphatic rings. The third kappa shape index (κ3) is 3.35. The van der Waals surface area contributed by atoms with E-state index in [1.807, 2.05) is 12.1 Å². The zero-order valence-electron chi connectivity index (χ0n) is 9.61. The summed E-state index contributed by atoms with van der Waals surface area (Å²) in [6.45, 7) is 0.861. The Kier molecular flexibility index (Phi) is 4.41. The van der Waals surface area contributed by atoms with Gasteiger partial charge in [0.25, 0.3) is 5.91 Å². The lowest BCUT2D eigenvalue weighted by atomic mass is 10.3. The van der Waals surface area contributed by atoms with Gasteiger partial charge in [-0.1, -0.05) is 11.6 Å². The van der Waals surface area contributed by atoms with E-state index in [2.05, 4.69) is 5.32 Å². The molecule has 0 aliphatic heterocycles. The summed E-state index contributed by atoms with van der Waals surface area (Å²) in [5, 5.41) is 2.82. The van der Waals surface area contributed by atoms with Crippen LogP contribution in [0.2, 0.25) is 4.34 Å². The molecule has 2 aromatic rings. The molecule has 2 heterocycles. The second-order valence-electron chi connectivity index (χ2n) is 3.72. The van der Waals surface area contributed by atoms with Crippen LogP contribution in [0.3, 0.4) is 0 Å². The molecular weight excluding hydrogens is 272 g/mol. The van der Waals surface area contributed by atoms with Gasteiger partial charge in [0.1, 0.15) is 12.0 Å². The molecule has 0 bridgehead atoms. The third-order valence-electron chi connectivity index (χ3n) is 2.40. The van der Waals surface area contributed by atoms with Crippen molar-refractivity contribution in [3.8, 4) is 0 Å². The molecule has 18 heavy (non-hydrogen) atoms. The first-order valence-corrected chi connectivity index (χ1v) is 6.68. The van der Waals surface area contributed by atoms with E-state index in [1.54, 1.807) is 6.07 Å². The van der Waals surface area contributed by atoms with Crippen LogP contribution >= 0.6 is 22.9 Å². The van der Waals surface area contributed by atoms with Crippen LogP contribution in [0.5, 0.6) is 0 Å². The van der Waals surface area contributed by atoms with E-state index in [1.165, 1.54) is 17.6 Å². The van der Waals surface area contributed by atoms with Crippen LogP contribution in [-0.2, 0) is 13.0 Å². The van der Waals surface area contributed by atoms with Gasteiger partial charge in [-0.05, 0) is 24.6 Å². The first-order chi connectivity index (χ1) is 8.69. The van der Waals surface area contributed by atoms with Crippen LogP contribution in [0.15, 0.2) is 28.9 Å². The fourth-order valence-corrected chi connectivity index (χ4v) is 2.58. The zero-order valence-corrected chi connectivity index (χ0v) is 11.2. The highest BCUT2D eigenvalue weighted by atomic mass is 35.5. The van der Waals surface area contributed by atoms with E-state index in [0.29, 0.717) is 24.4 Å². The van der Waals surface area contributed by atoms with E-state index in [-0.39, 0.29) is 5.91 Å². The number of hydrogen-bond donors (Lipinski definition) is 2. The fraction of sp³-hybridized carbons (Fsp3) is 0.250. The largest absolute Gasteiger partial charge is 0.467 e. The Balaban J connectivity index is 1.81. The summed E-state index contributed by atoms with van der Waals surface area (Å²) in [5.41, 5.74) is 5.90. The van der Waals surface area contributed by atoms with Crippen LogP contribution in [0.4, 0.5) is 0 Å². The summed E-state index contributed by atoms with van der Waals surface area (Å²) in [4.78, 5) is 12.9. The average molecular weight is 285 g/mol.